The summed E-state index contributed by atoms with van der Waals surface area (Å²) in [6.45, 7) is 38.8. The quantitative estimate of drug-likeness (QED) is 0.0153. The number of pyridine rings is 2. The Balaban J connectivity index is 0.000000240. The summed E-state index contributed by atoms with van der Waals surface area (Å²) in [5, 5.41) is 46.1. The molecule has 109 heavy (non-hydrogen) atoms. The van der Waals surface area contributed by atoms with Crippen molar-refractivity contribution in [1.82, 2.24) is 59.6 Å². The second-order valence-electron chi connectivity index (χ2n) is 32.7. The number of piperidine rings is 2. The Labute approximate surface area is 662 Å². The van der Waals surface area contributed by atoms with E-state index in [9.17, 15) is 10.2 Å². The van der Waals surface area contributed by atoms with E-state index < -0.39 is 44.5 Å². The number of anilines is 4. The van der Waals surface area contributed by atoms with Gasteiger partial charge in [-0.2, -0.15) is 19.2 Å². The number of rotatable bonds is 32. The number of hydrogen-bond acceptors (Lipinski definition) is 24. The maximum absolute atomic E-state index is 9.92. The van der Waals surface area contributed by atoms with Crippen LogP contribution >= 0.6 is 28.7 Å². The molecule has 25 nitrogen and oxygen atoms in total. The second-order valence-corrected chi connectivity index (χ2v) is 56.2. The van der Waals surface area contributed by atoms with Crippen molar-refractivity contribution in [2.24, 2.45) is 4.30 Å². The van der Waals surface area contributed by atoms with Gasteiger partial charge in [-0.1, -0.05) is 169 Å². The molecular formula is C77H112BBrN17O8SSi4. The molecule has 0 bridgehead atoms. The maximum atomic E-state index is 9.92. The first-order valence-corrected chi connectivity index (χ1v) is 53.4. The Kier molecular flexibility index (Phi) is 30.9. The molecule has 2 fully saturated rings. The zero-order valence-corrected chi connectivity index (χ0v) is 71.8. The van der Waals surface area contributed by atoms with Crippen molar-refractivity contribution in [3.05, 3.63) is 143 Å². The van der Waals surface area contributed by atoms with E-state index in [1.165, 1.54) is 0 Å². The summed E-state index contributed by atoms with van der Waals surface area (Å²) in [7, 11) is -0.767. The van der Waals surface area contributed by atoms with Gasteiger partial charge in [0, 0.05) is 154 Å². The third kappa shape index (κ3) is 24.4. The molecule has 8 aromatic heterocycles. The number of hydrogen-bond donors (Lipinski definition) is 3. The number of aromatic nitrogens is 12. The molecule has 1 radical (unpaired) electrons. The van der Waals surface area contributed by atoms with Gasteiger partial charge < -0.3 is 57.6 Å². The van der Waals surface area contributed by atoms with Gasteiger partial charge in [-0.25, -0.2) is 9.97 Å². The zero-order valence-electron chi connectivity index (χ0n) is 65.3. The fourth-order valence-corrected chi connectivity index (χ4v) is 16.1. The molecule has 12 rings (SSSR count). The van der Waals surface area contributed by atoms with Crippen molar-refractivity contribution in [2.45, 2.75) is 174 Å². The van der Waals surface area contributed by atoms with Crippen molar-refractivity contribution >= 4 is 104 Å². The van der Waals surface area contributed by atoms with Crippen molar-refractivity contribution in [3.63, 3.8) is 0 Å². The first-order chi connectivity index (χ1) is 51.5. The summed E-state index contributed by atoms with van der Waals surface area (Å²) < 4.78 is 44.4. The van der Waals surface area contributed by atoms with E-state index in [0.29, 0.717) is 78.5 Å². The second kappa shape index (κ2) is 39.3. The molecule has 585 valence electrons. The molecule has 0 spiro atoms. The number of thiol groups is 1. The van der Waals surface area contributed by atoms with Crippen LogP contribution < -0.4 is 19.6 Å². The van der Waals surface area contributed by atoms with Crippen LogP contribution in [0.5, 0.6) is 0 Å². The van der Waals surface area contributed by atoms with Gasteiger partial charge in [-0.3, -0.25) is 9.97 Å². The topological polar surface area (TPSA) is 267 Å². The SMILES string of the molecule is C.C[C@@H](O)c1nnc(N2CCC(c3cc(N(COCC[Si](C)(C)C)COCC[Si](C)(C)C)n4ncc(-c5ccc(-c6ccccc6)nc5)c4n3)CC2)o1.C[C@@H](O)c1nnc(N2CCC(c3nc4c(-c5ccc(-c6ccccc6)nc5)cnn4c(N(COCC[Si](C)(C)C)COCC[Si](C)(C)C)c3Br)CC2)o1.[B]=NS. The van der Waals surface area contributed by atoms with Crippen LogP contribution in [-0.2, 0) is 18.9 Å². The number of ether oxygens (including phenoxy) is 4. The number of halogens is 1. The summed E-state index contributed by atoms with van der Waals surface area (Å²) in [6.07, 6.45) is 9.33. The zero-order chi connectivity index (χ0) is 77.3. The van der Waals surface area contributed by atoms with E-state index >= 15 is 0 Å². The average Bonchev–Trinajstić information content (AvgIpc) is 1.71. The number of benzene rings is 2. The molecule has 2 aliphatic rings. The van der Waals surface area contributed by atoms with E-state index in [1.54, 1.807) is 13.8 Å². The van der Waals surface area contributed by atoms with Crippen LogP contribution in [0.25, 0.3) is 56.1 Å². The van der Waals surface area contributed by atoms with E-state index in [4.69, 9.17) is 57.9 Å². The van der Waals surface area contributed by atoms with E-state index in [2.05, 4.69) is 214 Å². The van der Waals surface area contributed by atoms with Crippen molar-refractivity contribution in [1.29, 1.82) is 0 Å². The molecule has 2 saturated heterocycles. The van der Waals surface area contributed by atoms with Crippen molar-refractivity contribution in [2.75, 3.05) is 99.1 Å². The Morgan fingerprint density at radius 3 is 1.29 bits per heavy atom. The normalized spacial score (nSPS) is 14.6. The van der Waals surface area contributed by atoms with Crippen LogP contribution in [0.4, 0.5) is 23.7 Å². The predicted octanol–water partition coefficient (Wildman–Crippen LogP) is 17.0. The Bertz CT molecular complexity index is 4400. The minimum atomic E-state index is -1.29. The van der Waals surface area contributed by atoms with E-state index in [1.807, 2.05) is 70.2 Å². The molecule has 0 unspecified atom stereocenters. The third-order valence-corrected chi connectivity index (χ3v) is 26.4. The van der Waals surface area contributed by atoms with E-state index in [0.717, 1.165) is 147 Å². The number of aliphatic hydroxyl groups is 2. The Hall–Kier alpha value is -7.22. The summed E-state index contributed by atoms with van der Waals surface area (Å²) in [4.78, 5) is 28.8. The molecule has 2 atom stereocenters. The number of aliphatic hydroxyl groups excluding tert-OH is 2. The predicted molar refractivity (Wildman–Crippen MR) is 454 cm³/mol. The molecule has 10 heterocycles. The van der Waals surface area contributed by atoms with Crippen LogP contribution in [0, 0.1) is 0 Å². The molecular weight excluding hydrogens is 1530 g/mol. The van der Waals surface area contributed by atoms with Gasteiger partial charge in [0.05, 0.1) is 33.9 Å². The average molecular weight is 1640 g/mol. The summed E-state index contributed by atoms with van der Waals surface area (Å²) >= 11 is 7.23. The number of nitrogens with zero attached hydrogens (tertiary/aromatic N) is 17. The molecule has 2 aliphatic heterocycles. The molecule has 0 amide bonds. The van der Waals surface area contributed by atoms with Crippen LogP contribution in [0.2, 0.25) is 103 Å². The third-order valence-electron chi connectivity index (χ3n) is 18.9. The van der Waals surface area contributed by atoms with Crippen molar-refractivity contribution in [3.8, 4) is 44.8 Å². The molecule has 2 N–H and O–H groups in total. The van der Waals surface area contributed by atoms with Crippen LogP contribution in [-0.4, -0.2) is 189 Å². The monoisotopic (exact) mass is 1640 g/mol. The van der Waals surface area contributed by atoms with Gasteiger partial charge in [0.15, 0.2) is 17.1 Å². The standard InChI is InChI=1S/C38H53BrN8O4Si2.C38H54N8O4Si2.CH4.BHNS/c1-27(48)36-43-44-38(51-36)45-17-15-29(16-18-45)34-33(39)37(46(25-49-19-21-52(2,3)4)26-50-20-22-53(5,6)7)47-35(42-34)31(24-41-47)30-13-14-32(40-23-30)28-11-9-8-10-12-28;1-28(47)37-42-43-38(50-37)44-17-15-30(16-18-44)34-23-35(45(26-48-19-21-51(2,3)4)27-49-20-22-52(5,6)7)46-36(41-34)32(25-40-46)31-13-14-33(39-24-31)29-11-9-8-10-12-29;;1-2-3/h8-14,23-24,27,29,48H,15-22,25-26H2,1-7H3;8-14,23-25,28,30,47H,15-22,26-27H2,1-7H3;1H4;3H/t27-;28-;;/m11../s1. The first-order valence-electron chi connectivity index (χ1n) is 37.4. The summed E-state index contributed by atoms with van der Waals surface area (Å²) in [6, 6.07) is 36.1. The first kappa shape index (κ1) is 85.8. The summed E-state index contributed by atoms with van der Waals surface area (Å²) in [5.74, 6) is 2.54. The van der Waals surface area contributed by atoms with Crippen LogP contribution in [0.15, 0.2) is 133 Å². The van der Waals surface area contributed by atoms with Gasteiger partial charge >= 0.3 is 36.8 Å². The van der Waals surface area contributed by atoms with Crippen LogP contribution in [0.1, 0.15) is 94.2 Å². The Morgan fingerprint density at radius 1 is 0.532 bits per heavy atom. The van der Waals surface area contributed by atoms with Crippen LogP contribution in [0.3, 0.4) is 0 Å². The Morgan fingerprint density at radius 2 is 0.917 bits per heavy atom. The molecule has 2 aromatic carbocycles. The molecule has 0 aliphatic carbocycles. The molecule has 32 heteroatoms. The molecule has 10 aromatic rings. The minimum absolute atomic E-state index is 0. The van der Waals surface area contributed by atoms with Gasteiger partial charge in [-0.05, 0) is 91.8 Å². The van der Waals surface area contributed by atoms with Gasteiger partial charge in [-0.15, -0.1) is 10.2 Å². The number of fused-ring (bicyclic) bond motifs is 2. The summed E-state index contributed by atoms with van der Waals surface area (Å²) in [5.41, 5.74) is 11.2. The van der Waals surface area contributed by atoms with Gasteiger partial charge in [0.2, 0.25) is 11.8 Å². The van der Waals surface area contributed by atoms with Gasteiger partial charge in [0.25, 0.3) is 0 Å². The fraction of sp³-hybridized carbons (Fsp3) is 0.506. The van der Waals surface area contributed by atoms with E-state index in [-0.39, 0.29) is 31.0 Å². The molecule has 0 saturated carbocycles. The fourth-order valence-electron chi connectivity index (χ4n) is 12.3. The van der Waals surface area contributed by atoms with Gasteiger partial charge in [0.1, 0.15) is 44.9 Å². The van der Waals surface area contributed by atoms with Crippen molar-refractivity contribution < 1.29 is 38.0 Å².